The monoisotopic (exact) mass is 646 g/mol. The zero-order valence-corrected chi connectivity index (χ0v) is 27.9. The first-order valence-corrected chi connectivity index (χ1v) is 17.4. The van der Waals surface area contributed by atoms with E-state index >= 15 is 0 Å². The number of likely N-dealkylation sites (tertiary alicyclic amines) is 1. The maximum absolute atomic E-state index is 14.2. The highest BCUT2D eigenvalue weighted by molar-refractivity contribution is 5.91. The zero-order valence-electron chi connectivity index (χ0n) is 27.9. The summed E-state index contributed by atoms with van der Waals surface area (Å²) >= 11 is 0. The Kier molecular flexibility index (Phi) is 10.5. The van der Waals surface area contributed by atoms with Crippen molar-refractivity contribution >= 4 is 23.7 Å². The molecular weight excluding hydrogens is 596 g/mol. The van der Waals surface area contributed by atoms with Crippen LogP contribution in [0.2, 0.25) is 0 Å². The number of urea groups is 2. The topological polar surface area (TPSA) is 118 Å². The van der Waals surface area contributed by atoms with Gasteiger partial charge in [0.05, 0.1) is 0 Å². The summed E-state index contributed by atoms with van der Waals surface area (Å²) in [5, 5.41) is 16.5. The number of carbonyl (C=O) groups excluding carboxylic acids is 3. The van der Waals surface area contributed by atoms with Crippen LogP contribution in [0.25, 0.3) is 0 Å². The van der Waals surface area contributed by atoms with Gasteiger partial charge in [-0.25, -0.2) is 9.59 Å². The number of hydrogen-bond donors (Lipinski definition) is 3. The minimum Gasteiger partial charge on any atom is -0.507 e. The number of aromatic hydroxyl groups is 1. The fourth-order valence-corrected chi connectivity index (χ4v) is 7.75. The number of amides is 5. The molecule has 0 aromatic heterocycles. The van der Waals surface area contributed by atoms with E-state index in [-0.39, 0.29) is 29.8 Å². The van der Waals surface area contributed by atoms with Crippen LogP contribution in [0.3, 0.4) is 0 Å². The molecule has 254 valence electrons. The number of aryl methyl sites for hydroxylation is 2. The van der Waals surface area contributed by atoms with Crippen LogP contribution < -0.4 is 10.6 Å². The number of ether oxygens (including phenoxy) is 1. The molecule has 0 unspecified atom stereocenters. The van der Waals surface area contributed by atoms with E-state index in [4.69, 9.17) is 4.74 Å². The van der Waals surface area contributed by atoms with E-state index in [0.717, 1.165) is 79.9 Å². The minimum atomic E-state index is -0.729. The lowest BCUT2D eigenvalue weighted by molar-refractivity contribution is -0.133. The summed E-state index contributed by atoms with van der Waals surface area (Å²) < 4.78 is 5.57. The number of fused-ring (bicyclic) bond motifs is 1. The summed E-state index contributed by atoms with van der Waals surface area (Å²) in [4.78, 5) is 49.1. The Morgan fingerprint density at radius 2 is 1.64 bits per heavy atom. The molecule has 47 heavy (non-hydrogen) atoms. The normalized spacial score (nSPS) is 21.0. The first-order valence-electron chi connectivity index (χ1n) is 17.4. The van der Waals surface area contributed by atoms with Crippen molar-refractivity contribution in [1.82, 2.24) is 24.9 Å². The molecule has 11 nitrogen and oxygen atoms in total. The van der Waals surface area contributed by atoms with E-state index in [1.54, 1.807) is 4.90 Å². The highest BCUT2D eigenvalue weighted by Crippen LogP contribution is 2.26. The number of carbonyl (C=O) groups is 3. The van der Waals surface area contributed by atoms with Crippen LogP contribution in [-0.4, -0.2) is 120 Å². The third-order valence-corrected chi connectivity index (χ3v) is 10.5. The Balaban J connectivity index is 1.10. The predicted molar refractivity (Wildman–Crippen MR) is 181 cm³/mol. The lowest BCUT2D eigenvalue weighted by Gasteiger charge is -2.38. The molecule has 3 N–H and O–H groups in total. The Bertz CT molecular complexity index is 1410. The van der Waals surface area contributed by atoms with E-state index in [0.29, 0.717) is 58.0 Å². The van der Waals surface area contributed by atoms with Gasteiger partial charge in [0.1, 0.15) is 11.8 Å². The molecule has 0 spiro atoms. The van der Waals surface area contributed by atoms with Crippen LogP contribution in [0.1, 0.15) is 54.4 Å². The smallest absolute Gasteiger partial charge is 0.322 e. The number of nitrogens with zero attached hydrogens (tertiary/aromatic N) is 4. The van der Waals surface area contributed by atoms with Crippen molar-refractivity contribution in [2.75, 3.05) is 64.3 Å². The van der Waals surface area contributed by atoms with E-state index in [9.17, 15) is 19.5 Å². The Hall–Kier alpha value is -3.83. The minimum absolute atomic E-state index is 0.0458. The predicted octanol–water partition coefficient (Wildman–Crippen LogP) is 3.90. The largest absolute Gasteiger partial charge is 0.507 e. The summed E-state index contributed by atoms with van der Waals surface area (Å²) in [5.41, 5.74) is 4.41. The SMILES string of the molecule is Cc1cc(C[C@@H](NC(=O)N2CCC(N3CCc4ccccc4NC3=O)CC2)C(=O)N2CCCN(C3CCOCC3)CC2)cc(C)c1O. The number of piperidine rings is 1. The summed E-state index contributed by atoms with van der Waals surface area (Å²) in [5.74, 6) is 0.192. The Morgan fingerprint density at radius 3 is 2.38 bits per heavy atom. The quantitative estimate of drug-likeness (QED) is 0.439. The molecule has 0 bridgehead atoms. The lowest BCUT2D eigenvalue weighted by Crippen LogP contribution is -2.56. The van der Waals surface area contributed by atoms with E-state index in [1.165, 1.54) is 0 Å². The number of phenolic OH excluding ortho intramolecular Hbond substituents is 1. The fraction of sp³-hybridized carbons (Fsp3) is 0.583. The van der Waals surface area contributed by atoms with Gasteiger partial charge in [0.25, 0.3) is 0 Å². The standard InChI is InChI=1S/C36H50N6O5/c1-25-22-27(23-26(2)33(25)43)24-32(34(44)40-14-5-13-39(18-19-40)29-11-20-47-21-12-29)38-35(45)41-15-9-30(10-16-41)42-17-8-28-6-3-4-7-31(28)37-36(42)46/h3-4,6-7,22-23,29-30,32,43H,5,8-21,24H2,1-2H3,(H,37,46)(H,38,45)/t32-/m1/s1. The first-order chi connectivity index (χ1) is 22.8. The average Bonchev–Trinajstić information content (AvgIpc) is 3.43. The van der Waals surface area contributed by atoms with Crippen molar-refractivity contribution in [2.24, 2.45) is 0 Å². The van der Waals surface area contributed by atoms with Crippen molar-refractivity contribution in [2.45, 2.75) is 76.9 Å². The second-order valence-corrected chi connectivity index (χ2v) is 13.6. The van der Waals surface area contributed by atoms with E-state index in [1.807, 2.05) is 54.0 Å². The molecule has 6 rings (SSSR count). The number of hydrogen-bond acceptors (Lipinski definition) is 6. The number of nitrogens with one attached hydrogen (secondary N) is 2. The van der Waals surface area contributed by atoms with Gasteiger partial charge in [-0.2, -0.15) is 0 Å². The van der Waals surface area contributed by atoms with Gasteiger partial charge in [-0.05, 0) is 80.7 Å². The maximum Gasteiger partial charge on any atom is 0.322 e. The zero-order chi connectivity index (χ0) is 32.9. The van der Waals surface area contributed by atoms with Gasteiger partial charge < -0.3 is 35.2 Å². The summed E-state index contributed by atoms with van der Waals surface area (Å²) in [6.45, 7) is 10.0. The summed E-state index contributed by atoms with van der Waals surface area (Å²) in [6, 6.07) is 11.2. The van der Waals surface area contributed by atoms with Gasteiger partial charge >= 0.3 is 12.1 Å². The third-order valence-electron chi connectivity index (χ3n) is 10.5. The molecule has 1 atom stereocenters. The number of benzene rings is 2. The van der Waals surface area contributed by atoms with Crippen molar-refractivity contribution in [3.63, 3.8) is 0 Å². The van der Waals surface area contributed by atoms with Gasteiger partial charge in [-0.15, -0.1) is 0 Å². The highest BCUT2D eigenvalue weighted by Gasteiger charge is 2.34. The number of para-hydroxylation sites is 1. The average molecular weight is 647 g/mol. The summed E-state index contributed by atoms with van der Waals surface area (Å²) in [6.07, 6.45) is 5.44. The second kappa shape index (κ2) is 14.9. The van der Waals surface area contributed by atoms with Crippen LogP contribution >= 0.6 is 0 Å². The van der Waals surface area contributed by atoms with Gasteiger partial charge in [0.15, 0.2) is 0 Å². The molecule has 11 heteroatoms. The van der Waals surface area contributed by atoms with Crippen molar-refractivity contribution < 1.29 is 24.2 Å². The van der Waals surface area contributed by atoms with Crippen LogP contribution in [-0.2, 0) is 22.4 Å². The summed E-state index contributed by atoms with van der Waals surface area (Å²) in [7, 11) is 0. The van der Waals surface area contributed by atoms with Crippen molar-refractivity contribution in [3.8, 4) is 5.75 Å². The molecule has 0 radical (unpaired) electrons. The molecule has 3 fully saturated rings. The molecule has 4 heterocycles. The van der Waals surface area contributed by atoms with Gasteiger partial charge in [0, 0.05) is 83.2 Å². The van der Waals surface area contributed by atoms with Crippen LogP contribution in [0, 0.1) is 13.8 Å². The van der Waals surface area contributed by atoms with Crippen molar-refractivity contribution in [3.05, 3.63) is 58.7 Å². The Labute approximate surface area is 278 Å². The van der Waals surface area contributed by atoms with Crippen LogP contribution in [0.5, 0.6) is 5.75 Å². The molecule has 4 aliphatic heterocycles. The molecule has 4 aliphatic rings. The molecule has 3 saturated heterocycles. The molecule has 0 aliphatic carbocycles. The van der Waals surface area contributed by atoms with E-state index < -0.39 is 6.04 Å². The third kappa shape index (κ3) is 7.84. The molecule has 5 amide bonds. The van der Waals surface area contributed by atoms with Crippen molar-refractivity contribution in [1.29, 1.82) is 0 Å². The molecule has 2 aromatic carbocycles. The van der Waals surface area contributed by atoms with Crippen LogP contribution in [0.4, 0.5) is 15.3 Å². The lowest BCUT2D eigenvalue weighted by atomic mass is 9.99. The number of anilines is 1. The fourth-order valence-electron chi connectivity index (χ4n) is 7.75. The second-order valence-electron chi connectivity index (χ2n) is 13.6. The molecular formula is C36H50N6O5. The van der Waals surface area contributed by atoms with Gasteiger partial charge in [-0.1, -0.05) is 30.3 Å². The van der Waals surface area contributed by atoms with Gasteiger partial charge in [-0.3, -0.25) is 9.69 Å². The number of rotatable bonds is 6. The van der Waals surface area contributed by atoms with Crippen LogP contribution in [0.15, 0.2) is 36.4 Å². The first kappa shape index (κ1) is 33.1. The van der Waals surface area contributed by atoms with E-state index in [2.05, 4.69) is 21.6 Å². The number of phenols is 1. The molecule has 0 saturated carbocycles. The highest BCUT2D eigenvalue weighted by atomic mass is 16.5. The Morgan fingerprint density at radius 1 is 0.915 bits per heavy atom. The van der Waals surface area contributed by atoms with Gasteiger partial charge in [0.2, 0.25) is 5.91 Å². The molecule has 2 aromatic rings. The maximum atomic E-state index is 14.2.